The number of halogens is 3. The van der Waals surface area contributed by atoms with Crippen LogP contribution in [0.3, 0.4) is 0 Å². The van der Waals surface area contributed by atoms with Crippen LogP contribution in [0.2, 0.25) is 5.15 Å². The maximum absolute atomic E-state index is 13.6. The molecular formula is C10H6BrClFN. The van der Waals surface area contributed by atoms with Crippen molar-refractivity contribution >= 4 is 38.4 Å². The van der Waals surface area contributed by atoms with E-state index < -0.39 is 0 Å². The first kappa shape index (κ1) is 9.87. The van der Waals surface area contributed by atoms with E-state index in [-0.39, 0.29) is 5.82 Å². The van der Waals surface area contributed by atoms with Crippen molar-refractivity contribution in [3.63, 3.8) is 0 Å². The molecule has 1 aromatic heterocycles. The van der Waals surface area contributed by atoms with Crippen LogP contribution in [0.1, 0.15) is 5.56 Å². The fourth-order valence-corrected chi connectivity index (χ4v) is 1.75. The standard InChI is InChI=1S/C10H6BrClFN/c1-5-4-6-8(14-10(5)12)3-2-7(11)9(6)13/h2-4H,1H3. The van der Waals surface area contributed by atoms with Gasteiger partial charge in [-0.25, -0.2) is 9.37 Å². The number of fused-ring (bicyclic) bond motifs is 1. The van der Waals surface area contributed by atoms with E-state index in [2.05, 4.69) is 20.9 Å². The topological polar surface area (TPSA) is 12.9 Å². The first-order valence-electron chi connectivity index (χ1n) is 4.00. The van der Waals surface area contributed by atoms with Gasteiger partial charge >= 0.3 is 0 Å². The van der Waals surface area contributed by atoms with E-state index in [0.29, 0.717) is 20.5 Å². The maximum Gasteiger partial charge on any atom is 0.146 e. The van der Waals surface area contributed by atoms with Crippen LogP contribution in [0.4, 0.5) is 4.39 Å². The molecule has 0 saturated heterocycles. The van der Waals surface area contributed by atoms with Gasteiger partial charge in [0.25, 0.3) is 0 Å². The zero-order chi connectivity index (χ0) is 10.3. The minimum absolute atomic E-state index is 0.297. The molecule has 2 aromatic rings. The molecule has 0 aliphatic heterocycles. The zero-order valence-electron chi connectivity index (χ0n) is 7.31. The summed E-state index contributed by atoms with van der Waals surface area (Å²) in [5.74, 6) is -0.297. The molecular weight excluding hydrogens is 268 g/mol. The molecule has 0 atom stereocenters. The lowest BCUT2D eigenvalue weighted by molar-refractivity contribution is 0.633. The summed E-state index contributed by atoms with van der Waals surface area (Å²) in [6, 6.07) is 5.05. The number of benzene rings is 1. The van der Waals surface area contributed by atoms with E-state index in [1.165, 1.54) is 0 Å². The number of aryl methyl sites for hydroxylation is 1. The second-order valence-electron chi connectivity index (χ2n) is 3.02. The Balaban J connectivity index is 2.89. The Morgan fingerprint density at radius 1 is 1.43 bits per heavy atom. The van der Waals surface area contributed by atoms with Crippen LogP contribution in [-0.2, 0) is 0 Å². The Morgan fingerprint density at radius 3 is 2.86 bits per heavy atom. The van der Waals surface area contributed by atoms with Gasteiger partial charge in [-0.05, 0) is 46.6 Å². The molecule has 0 spiro atoms. The molecule has 1 heterocycles. The molecule has 14 heavy (non-hydrogen) atoms. The maximum atomic E-state index is 13.6. The number of pyridine rings is 1. The minimum Gasteiger partial charge on any atom is -0.236 e. The van der Waals surface area contributed by atoms with Gasteiger partial charge in [0, 0.05) is 5.39 Å². The van der Waals surface area contributed by atoms with Crippen LogP contribution in [0.25, 0.3) is 10.9 Å². The number of hydrogen-bond donors (Lipinski definition) is 0. The monoisotopic (exact) mass is 273 g/mol. The molecule has 0 amide bonds. The van der Waals surface area contributed by atoms with Gasteiger partial charge in [-0.3, -0.25) is 0 Å². The molecule has 0 aliphatic carbocycles. The molecule has 2 rings (SSSR count). The van der Waals surface area contributed by atoms with E-state index in [1.54, 1.807) is 25.1 Å². The van der Waals surface area contributed by atoms with Crippen LogP contribution in [0.15, 0.2) is 22.7 Å². The van der Waals surface area contributed by atoms with Gasteiger partial charge in [0.1, 0.15) is 11.0 Å². The third-order valence-electron chi connectivity index (χ3n) is 2.01. The van der Waals surface area contributed by atoms with Crippen molar-refractivity contribution in [1.29, 1.82) is 0 Å². The summed E-state index contributed by atoms with van der Waals surface area (Å²) in [5, 5.41) is 0.903. The third kappa shape index (κ3) is 1.51. The van der Waals surface area contributed by atoms with Crippen molar-refractivity contribution in [2.75, 3.05) is 0 Å². The summed E-state index contributed by atoms with van der Waals surface area (Å²) >= 11 is 8.96. The van der Waals surface area contributed by atoms with Crippen molar-refractivity contribution in [1.82, 2.24) is 4.98 Å². The number of aromatic nitrogens is 1. The summed E-state index contributed by atoms with van der Waals surface area (Å²) < 4.78 is 14.0. The smallest absolute Gasteiger partial charge is 0.146 e. The van der Waals surface area contributed by atoms with E-state index in [4.69, 9.17) is 11.6 Å². The van der Waals surface area contributed by atoms with Gasteiger partial charge < -0.3 is 0 Å². The van der Waals surface area contributed by atoms with Crippen molar-refractivity contribution in [2.45, 2.75) is 6.92 Å². The third-order valence-corrected chi connectivity index (χ3v) is 3.01. The first-order valence-corrected chi connectivity index (χ1v) is 5.17. The van der Waals surface area contributed by atoms with Crippen molar-refractivity contribution in [2.24, 2.45) is 0 Å². The minimum atomic E-state index is -0.297. The summed E-state index contributed by atoms with van der Waals surface area (Å²) in [5.41, 5.74) is 1.34. The van der Waals surface area contributed by atoms with E-state index in [1.807, 2.05) is 0 Å². The Labute approximate surface area is 94.0 Å². The van der Waals surface area contributed by atoms with Crippen molar-refractivity contribution in [3.8, 4) is 0 Å². The predicted molar refractivity (Wildman–Crippen MR) is 59.1 cm³/mol. The molecule has 0 N–H and O–H groups in total. The lowest BCUT2D eigenvalue weighted by Gasteiger charge is -2.03. The first-order chi connectivity index (χ1) is 6.59. The molecule has 1 aromatic carbocycles. The average molecular weight is 275 g/mol. The second kappa shape index (κ2) is 3.48. The molecule has 1 nitrogen and oxygen atoms in total. The molecule has 0 radical (unpaired) electrons. The molecule has 0 unspecified atom stereocenters. The molecule has 0 saturated carbocycles. The van der Waals surface area contributed by atoms with Crippen LogP contribution in [0.5, 0.6) is 0 Å². The van der Waals surface area contributed by atoms with Crippen molar-refractivity contribution in [3.05, 3.63) is 39.2 Å². The predicted octanol–water partition coefficient (Wildman–Crippen LogP) is 4.10. The van der Waals surface area contributed by atoms with Gasteiger partial charge in [0.05, 0.1) is 9.99 Å². The second-order valence-corrected chi connectivity index (χ2v) is 4.24. The SMILES string of the molecule is Cc1cc2c(F)c(Br)ccc2nc1Cl. The fourth-order valence-electron chi connectivity index (χ4n) is 1.26. The highest BCUT2D eigenvalue weighted by molar-refractivity contribution is 9.10. The van der Waals surface area contributed by atoms with Crippen LogP contribution < -0.4 is 0 Å². The van der Waals surface area contributed by atoms with Gasteiger partial charge in [0.15, 0.2) is 0 Å². The molecule has 0 aliphatic rings. The number of hydrogen-bond acceptors (Lipinski definition) is 1. The van der Waals surface area contributed by atoms with E-state index in [0.717, 1.165) is 5.56 Å². The fraction of sp³-hybridized carbons (Fsp3) is 0.100. The summed E-state index contributed by atoms with van der Waals surface area (Å²) in [7, 11) is 0. The lowest BCUT2D eigenvalue weighted by atomic mass is 10.1. The Morgan fingerprint density at radius 2 is 2.14 bits per heavy atom. The summed E-state index contributed by atoms with van der Waals surface area (Å²) in [6.45, 7) is 1.80. The normalized spacial score (nSPS) is 10.9. The molecule has 72 valence electrons. The summed E-state index contributed by atoms with van der Waals surface area (Å²) in [6.07, 6.45) is 0. The van der Waals surface area contributed by atoms with Gasteiger partial charge in [-0.2, -0.15) is 0 Å². The highest BCUT2D eigenvalue weighted by Gasteiger charge is 2.08. The Hall–Kier alpha value is -0.670. The van der Waals surface area contributed by atoms with Crippen LogP contribution in [0, 0.1) is 12.7 Å². The van der Waals surface area contributed by atoms with E-state index >= 15 is 0 Å². The average Bonchev–Trinajstić information content (AvgIpc) is 2.15. The molecule has 0 bridgehead atoms. The number of rotatable bonds is 0. The van der Waals surface area contributed by atoms with Crippen LogP contribution in [-0.4, -0.2) is 4.98 Å². The largest absolute Gasteiger partial charge is 0.236 e. The van der Waals surface area contributed by atoms with Gasteiger partial charge in [0.2, 0.25) is 0 Å². The lowest BCUT2D eigenvalue weighted by Crippen LogP contribution is -1.88. The van der Waals surface area contributed by atoms with Crippen molar-refractivity contribution < 1.29 is 4.39 Å². The van der Waals surface area contributed by atoms with Crippen LogP contribution >= 0.6 is 27.5 Å². The number of nitrogens with zero attached hydrogens (tertiary/aromatic N) is 1. The quantitative estimate of drug-likeness (QED) is 0.659. The Kier molecular flexibility index (Phi) is 2.45. The van der Waals surface area contributed by atoms with Gasteiger partial charge in [-0.1, -0.05) is 11.6 Å². The van der Waals surface area contributed by atoms with Gasteiger partial charge in [-0.15, -0.1) is 0 Å². The zero-order valence-corrected chi connectivity index (χ0v) is 9.66. The van der Waals surface area contributed by atoms with E-state index in [9.17, 15) is 4.39 Å². The highest BCUT2D eigenvalue weighted by Crippen LogP contribution is 2.26. The Bertz CT molecular complexity index is 513. The molecule has 4 heteroatoms. The molecule has 0 fully saturated rings. The summed E-state index contributed by atoms with van der Waals surface area (Å²) in [4.78, 5) is 4.08. The highest BCUT2D eigenvalue weighted by atomic mass is 79.9.